The summed E-state index contributed by atoms with van der Waals surface area (Å²) in [7, 11) is 2.03. The molecule has 0 aliphatic carbocycles. The predicted molar refractivity (Wildman–Crippen MR) is 53.4 cm³/mol. The van der Waals surface area contributed by atoms with Crippen LogP contribution in [0.15, 0.2) is 0 Å². The second-order valence-corrected chi connectivity index (χ2v) is 3.99. The molecule has 1 rings (SSSR count). The van der Waals surface area contributed by atoms with Gasteiger partial charge in [0, 0.05) is 6.54 Å². The van der Waals surface area contributed by atoms with E-state index in [0.717, 1.165) is 0 Å². The normalized spacial score (nSPS) is 29.5. The van der Waals surface area contributed by atoms with Crippen molar-refractivity contribution in [3.05, 3.63) is 0 Å². The van der Waals surface area contributed by atoms with Crippen molar-refractivity contribution < 1.29 is 0 Å². The minimum Gasteiger partial charge on any atom is -0.320 e. The molecule has 1 saturated heterocycles. The first-order valence-corrected chi connectivity index (χ1v) is 5.18. The largest absolute Gasteiger partial charge is 0.320 e. The molecule has 0 aromatic heterocycles. The summed E-state index contributed by atoms with van der Waals surface area (Å²) in [5.74, 6) is 0. The van der Waals surface area contributed by atoms with Gasteiger partial charge in [-0.05, 0) is 51.2 Å². The Labute approximate surface area is 76.1 Å². The van der Waals surface area contributed by atoms with E-state index >= 15 is 0 Å². The van der Waals surface area contributed by atoms with Crippen LogP contribution in [0.3, 0.4) is 0 Å². The third-order valence-electron chi connectivity index (χ3n) is 3.22. The summed E-state index contributed by atoms with van der Waals surface area (Å²) in [4.78, 5) is 0. The van der Waals surface area contributed by atoms with Gasteiger partial charge in [0.25, 0.3) is 0 Å². The Balaban J connectivity index is 2.24. The first kappa shape index (κ1) is 10.0. The Hall–Kier alpha value is -0.0800. The second kappa shape index (κ2) is 4.83. The fourth-order valence-corrected chi connectivity index (χ4v) is 2.13. The lowest BCUT2D eigenvalue weighted by molar-refractivity contribution is 0.275. The molecule has 1 aliphatic heterocycles. The molecule has 2 nitrogen and oxygen atoms in total. The van der Waals surface area contributed by atoms with Gasteiger partial charge in [0.1, 0.15) is 0 Å². The summed E-state index contributed by atoms with van der Waals surface area (Å²) < 4.78 is 0. The highest BCUT2D eigenvalue weighted by Crippen LogP contribution is 2.33. The lowest BCUT2D eigenvalue weighted by Gasteiger charge is -2.26. The van der Waals surface area contributed by atoms with E-state index in [1.54, 1.807) is 0 Å². The molecule has 0 radical (unpaired) electrons. The topological polar surface area (TPSA) is 24.1 Å². The van der Waals surface area contributed by atoms with E-state index in [9.17, 15) is 0 Å². The van der Waals surface area contributed by atoms with Crippen molar-refractivity contribution in [2.24, 2.45) is 5.41 Å². The van der Waals surface area contributed by atoms with Gasteiger partial charge in [-0.2, -0.15) is 0 Å². The molecular formula is C10H22N2. The molecule has 0 saturated carbocycles. The zero-order chi connectivity index (χ0) is 8.86. The highest BCUT2D eigenvalue weighted by Gasteiger charge is 2.30. The molecule has 0 spiro atoms. The molecule has 0 bridgehead atoms. The Kier molecular flexibility index (Phi) is 4.02. The average Bonchev–Trinajstić information content (AvgIpc) is 2.55. The van der Waals surface area contributed by atoms with E-state index in [0.29, 0.717) is 5.41 Å². The van der Waals surface area contributed by atoms with Gasteiger partial charge in [-0.15, -0.1) is 0 Å². The monoisotopic (exact) mass is 170 g/mol. The molecule has 1 heterocycles. The molecule has 0 aromatic carbocycles. The highest BCUT2D eigenvalue weighted by atomic mass is 14.9. The van der Waals surface area contributed by atoms with E-state index < -0.39 is 0 Å². The van der Waals surface area contributed by atoms with Crippen molar-refractivity contribution in [1.29, 1.82) is 0 Å². The quantitative estimate of drug-likeness (QED) is 0.609. The number of hydrogen-bond acceptors (Lipinski definition) is 2. The molecule has 2 N–H and O–H groups in total. The van der Waals surface area contributed by atoms with Gasteiger partial charge in [0.2, 0.25) is 0 Å². The van der Waals surface area contributed by atoms with Crippen LogP contribution in [0.2, 0.25) is 0 Å². The van der Waals surface area contributed by atoms with Gasteiger partial charge in [0.05, 0.1) is 0 Å². The van der Waals surface area contributed by atoms with E-state index in [2.05, 4.69) is 17.6 Å². The summed E-state index contributed by atoms with van der Waals surface area (Å²) in [6.07, 6.45) is 5.43. The summed E-state index contributed by atoms with van der Waals surface area (Å²) in [6, 6.07) is 0. The van der Waals surface area contributed by atoms with Crippen LogP contribution in [0, 0.1) is 5.41 Å². The molecule has 2 heteroatoms. The smallest absolute Gasteiger partial charge is 0.000819 e. The molecule has 72 valence electrons. The molecule has 1 atom stereocenters. The molecule has 1 aliphatic rings. The van der Waals surface area contributed by atoms with E-state index in [-0.39, 0.29) is 0 Å². The molecule has 1 unspecified atom stereocenters. The number of hydrogen-bond donors (Lipinski definition) is 2. The van der Waals surface area contributed by atoms with E-state index in [1.807, 2.05) is 7.05 Å². The van der Waals surface area contributed by atoms with Gasteiger partial charge < -0.3 is 10.6 Å². The summed E-state index contributed by atoms with van der Waals surface area (Å²) in [6.45, 7) is 5.97. The van der Waals surface area contributed by atoms with Crippen molar-refractivity contribution in [3.63, 3.8) is 0 Å². The maximum Gasteiger partial charge on any atom is 0.000819 e. The van der Waals surface area contributed by atoms with Crippen molar-refractivity contribution in [2.75, 3.05) is 26.7 Å². The molecule has 0 aromatic rings. The number of nitrogens with one attached hydrogen (secondary N) is 2. The highest BCUT2D eigenvalue weighted by molar-refractivity contribution is 4.86. The van der Waals surface area contributed by atoms with Crippen LogP contribution in [-0.2, 0) is 0 Å². The zero-order valence-electron chi connectivity index (χ0n) is 8.45. The SMILES string of the molecule is CCC1(CCCNC)CCNC1. The fourth-order valence-electron chi connectivity index (χ4n) is 2.13. The third-order valence-corrected chi connectivity index (χ3v) is 3.22. The van der Waals surface area contributed by atoms with Crippen LogP contribution in [0.25, 0.3) is 0 Å². The van der Waals surface area contributed by atoms with Crippen LogP contribution in [0.5, 0.6) is 0 Å². The van der Waals surface area contributed by atoms with Crippen LogP contribution in [0.1, 0.15) is 32.6 Å². The first-order chi connectivity index (χ1) is 5.83. The summed E-state index contributed by atoms with van der Waals surface area (Å²) >= 11 is 0. The molecule has 0 amide bonds. The van der Waals surface area contributed by atoms with Crippen LogP contribution < -0.4 is 10.6 Å². The third kappa shape index (κ3) is 2.46. The maximum absolute atomic E-state index is 3.47. The van der Waals surface area contributed by atoms with E-state index in [1.165, 1.54) is 45.3 Å². The fraction of sp³-hybridized carbons (Fsp3) is 1.00. The van der Waals surface area contributed by atoms with Crippen molar-refractivity contribution in [3.8, 4) is 0 Å². The van der Waals surface area contributed by atoms with Gasteiger partial charge in [-0.1, -0.05) is 6.92 Å². The van der Waals surface area contributed by atoms with Crippen molar-refractivity contribution in [2.45, 2.75) is 32.6 Å². The maximum atomic E-state index is 3.47. The van der Waals surface area contributed by atoms with Crippen LogP contribution in [-0.4, -0.2) is 26.7 Å². The zero-order valence-corrected chi connectivity index (χ0v) is 8.45. The Morgan fingerprint density at radius 2 is 2.33 bits per heavy atom. The molecular weight excluding hydrogens is 148 g/mol. The minimum atomic E-state index is 0.636. The lowest BCUT2D eigenvalue weighted by Crippen LogP contribution is -2.24. The predicted octanol–water partition coefficient (Wildman–Crippen LogP) is 1.38. The van der Waals surface area contributed by atoms with Gasteiger partial charge >= 0.3 is 0 Å². The summed E-state index contributed by atoms with van der Waals surface area (Å²) in [5.41, 5.74) is 0.636. The Morgan fingerprint density at radius 1 is 1.50 bits per heavy atom. The summed E-state index contributed by atoms with van der Waals surface area (Å²) in [5, 5.41) is 6.68. The average molecular weight is 170 g/mol. The van der Waals surface area contributed by atoms with Gasteiger partial charge in [0.15, 0.2) is 0 Å². The second-order valence-electron chi connectivity index (χ2n) is 3.99. The van der Waals surface area contributed by atoms with Gasteiger partial charge in [-0.25, -0.2) is 0 Å². The Bertz CT molecular complexity index is 117. The minimum absolute atomic E-state index is 0.636. The van der Waals surface area contributed by atoms with Crippen molar-refractivity contribution >= 4 is 0 Å². The van der Waals surface area contributed by atoms with Crippen LogP contribution >= 0.6 is 0 Å². The first-order valence-electron chi connectivity index (χ1n) is 5.18. The number of rotatable bonds is 5. The van der Waals surface area contributed by atoms with Gasteiger partial charge in [-0.3, -0.25) is 0 Å². The Morgan fingerprint density at radius 3 is 2.83 bits per heavy atom. The van der Waals surface area contributed by atoms with Crippen LogP contribution in [0.4, 0.5) is 0 Å². The molecule has 12 heavy (non-hydrogen) atoms. The van der Waals surface area contributed by atoms with E-state index in [4.69, 9.17) is 0 Å². The molecule has 1 fully saturated rings. The standard InChI is InChI=1S/C10H22N2/c1-3-10(5-4-7-11-2)6-8-12-9-10/h11-12H,3-9H2,1-2H3. The lowest BCUT2D eigenvalue weighted by atomic mass is 9.80. The van der Waals surface area contributed by atoms with Crippen molar-refractivity contribution in [1.82, 2.24) is 10.6 Å².